The maximum Gasteiger partial charge on any atom is 0.236 e. The van der Waals surface area contributed by atoms with Crippen LogP contribution in [0.4, 0.5) is 0 Å². The molecule has 1 aromatic rings. The molecule has 0 aliphatic carbocycles. The number of hydrogen-bond donors (Lipinski definition) is 0. The molecule has 2 saturated heterocycles. The molecule has 0 N–H and O–H groups in total. The van der Waals surface area contributed by atoms with Gasteiger partial charge in [-0.15, -0.1) is 0 Å². The van der Waals surface area contributed by atoms with Gasteiger partial charge in [0.15, 0.2) is 0 Å². The van der Waals surface area contributed by atoms with E-state index in [4.69, 9.17) is 0 Å². The van der Waals surface area contributed by atoms with Crippen molar-refractivity contribution in [3.05, 3.63) is 17.0 Å². The average Bonchev–Trinajstić information content (AvgIpc) is 2.93. The van der Waals surface area contributed by atoms with Crippen molar-refractivity contribution in [2.75, 3.05) is 45.8 Å². The van der Waals surface area contributed by atoms with Crippen LogP contribution in [0.25, 0.3) is 0 Å². The first-order valence-corrected chi connectivity index (χ1v) is 12.2. The van der Waals surface area contributed by atoms with Crippen LogP contribution in [0.15, 0.2) is 0 Å². The van der Waals surface area contributed by atoms with Crippen LogP contribution in [0.1, 0.15) is 62.9 Å². The van der Waals surface area contributed by atoms with Crippen LogP contribution in [0.3, 0.4) is 0 Å². The third kappa shape index (κ3) is 6.55. The quantitative estimate of drug-likeness (QED) is 0.666. The molecule has 7 nitrogen and oxygen atoms in total. The van der Waals surface area contributed by atoms with Gasteiger partial charge in [-0.2, -0.15) is 5.10 Å². The van der Waals surface area contributed by atoms with Crippen LogP contribution in [0.5, 0.6) is 0 Å². The number of nitrogens with zero attached hydrogens (tertiary/aromatic N) is 5. The van der Waals surface area contributed by atoms with E-state index in [0.717, 1.165) is 70.8 Å². The van der Waals surface area contributed by atoms with Crippen molar-refractivity contribution < 1.29 is 9.59 Å². The summed E-state index contributed by atoms with van der Waals surface area (Å²) < 4.78 is 2.08. The van der Waals surface area contributed by atoms with Crippen molar-refractivity contribution in [3.63, 3.8) is 0 Å². The number of hydrogen-bond acceptors (Lipinski definition) is 4. The Morgan fingerprint density at radius 3 is 2.10 bits per heavy atom. The minimum atomic E-state index is 0.217. The maximum absolute atomic E-state index is 12.8. The second-order valence-corrected chi connectivity index (χ2v) is 9.68. The SMILES string of the molecule is Cc1nn(CC(C)C)c(C)c1CCC(=O)N1CCN(CC(=O)N2CCCCCC2)CC1. The Hall–Kier alpha value is -1.89. The zero-order chi connectivity index (χ0) is 22.4. The standard InChI is InChI=1S/C24H41N5O2/c1-19(2)17-29-21(4)22(20(3)25-29)9-10-23(30)28-15-13-26(14-16-28)18-24(31)27-11-7-5-6-8-12-27/h19H,5-18H2,1-4H3. The summed E-state index contributed by atoms with van der Waals surface area (Å²) in [6, 6.07) is 0. The number of carbonyl (C=O) groups excluding carboxylic acids is 2. The molecule has 0 aromatic carbocycles. The van der Waals surface area contributed by atoms with Gasteiger partial charge in [0.1, 0.15) is 0 Å². The van der Waals surface area contributed by atoms with Gasteiger partial charge in [0.05, 0.1) is 12.2 Å². The molecule has 1 aromatic heterocycles. The smallest absolute Gasteiger partial charge is 0.236 e. The third-order valence-electron chi connectivity index (χ3n) is 6.70. The van der Waals surface area contributed by atoms with Crippen molar-refractivity contribution in [1.29, 1.82) is 0 Å². The average molecular weight is 432 g/mol. The van der Waals surface area contributed by atoms with Crippen molar-refractivity contribution in [2.24, 2.45) is 5.92 Å². The fourth-order valence-electron chi connectivity index (χ4n) is 4.78. The summed E-state index contributed by atoms with van der Waals surface area (Å²) in [7, 11) is 0. The topological polar surface area (TPSA) is 61.7 Å². The normalized spacial score (nSPS) is 18.5. The Morgan fingerprint density at radius 1 is 0.871 bits per heavy atom. The van der Waals surface area contributed by atoms with E-state index in [0.29, 0.717) is 18.9 Å². The van der Waals surface area contributed by atoms with Gasteiger partial charge >= 0.3 is 0 Å². The predicted octanol–water partition coefficient (Wildman–Crippen LogP) is 2.64. The highest BCUT2D eigenvalue weighted by molar-refractivity contribution is 5.78. The predicted molar refractivity (Wildman–Crippen MR) is 123 cm³/mol. The minimum Gasteiger partial charge on any atom is -0.342 e. The van der Waals surface area contributed by atoms with Crippen LogP contribution >= 0.6 is 0 Å². The van der Waals surface area contributed by atoms with Gasteiger partial charge in [-0.05, 0) is 44.6 Å². The Balaban J connectivity index is 1.43. The van der Waals surface area contributed by atoms with Crippen LogP contribution in [0.2, 0.25) is 0 Å². The molecule has 3 rings (SSSR count). The first kappa shape index (κ1) is 23.8. The van der Waals surface area contributed by atoms with Crippen LogP contribution in [-0.4, -0.2) is 82.1 Å². The molecule has 174 valence electrons. The van der Waals surface area contributed by atoms with E-state index in [2.05, 4.69) is 35.5 Å². The lowest BCUT2D eigenvalue weighted by molar-refractivity contribution is -0.135. The molecule has 0 atom stereocenters. The highest BCUT2D eigenvalue weighted by Crippen LogP contribution is 2.18. The van der Waals surface area contributed by atoms with Gasteiger partial charge in [0, 0.05) is 57.9 Å². The molecule has 31 heavy (non-hydrogen) atoms. The molecule has 7 heteroatoms. The molecule has 0 saturated carbocycles. The Bertz CT molecular complexity index is 741. The van der Waals surface area contributed by atoms with E-state index in [1.807, 2.05) is 16.7 Å². The van der Waals surface area contributed by atoms with Gasteiger partial charge in [-0.3, -0.25) is 19.2 Å². The fraction of sp³-hybridized carbons (Fsp3) is 0.792. The van der Waals surface area contributed by atoms with Gasteiger partial charge in [-0.25, -0.2) is 0 Å². The number of amides is 2. The zero-order valence-electron chi connectivity index (χ0n) is 20.0. The molecule has 0 unspecified atom stereocenters. The van der Waals surface area contributed by atoms with E-state index in [1.54, 1.807) is 0 Å². The minimum absolute atomic E-state index is 0.217. The molecular weight excluding hydrogens is 390 g/mol. The van der Waals surface area contributed by atoms with E-state index < -0.39 is 0 Å². The lowest BCUT2D eigenvalue weighted by Gasteiger charge is -2.35. The summed E-state index contributed by atoms with van der Waals surface area (Å²) in [5.41, 5.74) is 3.45. The highest BCUT2D eigenvalue weighted by Gasteiger charge is 2.25. The molecule has 0 bridgehead atoms. The van der Waals surface area contributed by atoms with Gasteiger partial charge in [0.25, 0.3) is 0 Å². The maximum atomic E-state index is 12.8. The van der Waals surface area contributed by atoms with Crippen molar-refractivity contribution in [1.82, 2.24) is 24.5 Å². The largest absolute Gasteiger partial charge is 0.342 e. The molecule has 2 amide bonds. The Kier molecular flexibility index (Phi) is 8.52. The molecule has 0 spiro atoms. The van der Waals surface area contributed by atoms with Crippen molar-refractivity contribution in [2.45, 2.75) is 72.8 Å². The molecule has 2 aliphatic rings. The Morgan fingerprint density at radius 2 is 1.48 bits per heavy atom. The molecule has 2 fully saturated rings. The van der Waals surface area contributed by atoms with Crippen molar-refractivity contribution in [3.8, 4) is 0 Å². The van der Waals surface area contributed by atoms with E-state index in [-0.39, 0.29) is 11.8 Å². The van der Waals surface area contributed by atoms with Crippen LogP contribution < -0.4 is 0 Å². The van der Waals surface area contributed by atoms with Gasteiger partial charge in [0.2, 0.25) is 11.8 Å². The second kappa shape index (κ2) is 11.1. The molecule has 3 heterocycles. The number of aromatic nitrogens is 2. The number of rotatable bonds is 7. The van der Waals surface area contributed by atoms with Crippen LogP contribution in [-0.2, 0) is 22.6 Å². The van der Waals surface area contributed by atoms with Gasteiger partial charge < -0.3 is 9.80 Å². The number of carbonyl (C=O) groups is 2. The number of likely N-dealkylation sites (tertiary alicyclic amines) is 1. The fourth-order valence-corrected chi connectivity index (χ4v) is 4.78. The summed E-state index contributed by atoms with van der Waals surface area (Å²) in [6.45, 7) is 14.8. The summed E-state index contributed by atoms with van der Waals surface area (Å²) in [5, 5.41) is 4.67. The van der Waals surface area contributed by atoms with E-state index in [9.17, 15) is 9.59 Å². The lowest BCUT2D eigenvalue weighted by atomic mass is 10.1. The van der Waals surface area contributed by atoms with E-state index in [1.165, 1.54) is 24.1 Å². The highest BCUT2D eigenvalue weighted by atomic mass is 16.2. The van der Waals surface area contributed by atoms with Crippen LogP contribution in [0, 0.1) is 19.8 Å². The summed E-state index contributed by atoms with van der Waals surface area (Å²) in [4.78, 5) is 31.6. The monoisotopic (exact) mass is 431 g/mol. The summed E-state index contributed by atoms with van der Waals surface area (Å²) >= 11 is 0. The zero-order valence-corrected chi connectivity index (χ0v) is 20.0. The lowest BCUT2D eigenvalue weighted by Crippen LogP contribution is -2.51. The number of piperazine rings is 1. The molecule has 0 radical (unpaired) electrons. The van der Waals surface area contributed by atoms with E-state index >= 15 is 0 Å². The first-order chi connectivity index (χ1) is 14.8. The molecular formula is C24H41N5O2. The first-order valence-electron chi connectivity index (χ1n) is 12.2. The second-order valence-electron chi connectivity index (χ2n) is 9.68. The number of aryl methyl sites for hydroxylation is 1. The Labute approximate surface area is 187 Å². The summed E-state index contributed by atoms with van der Waals surface area (Å²) in [5.74, 6) is 1.02. The molecule has 2 aliphatic heterocycles. The third-order valence-corrected chi connectivity index (χ3v) is 6.70. The van der Waals surface area contributed by atoms with Gasteiger partial charge in [-0.1, -0.05) is 26.7 Å². The van der Waals surface area contributed by atoms with Crippen molar-refractivity contribution >= 4 is 11.8 Å². The summed E-state index contributed by atoms with van der Waals surface area (Å²) in [6.07, 6.45) is 6.01.